The van der Waals surface area contributed by atoms with Crippen molar-refractivity contribution < 1.29 is 14.3 Å². The van der Waals surface area contributed by atoms with Crippen molar-refractivity contribution in [1.82, 2.24) is 0 Å². The van der Waals surface area contributed by atoms with Crippen LogP contribution in [0.3, 0.4) is 0 Å². The van der Waals surface area contributed by atoms with Crippen molar-refractivity contribution in [1.29, 1.82) is 0 Å². The van der Waals surface area contributed by atoms with Crippen LogP contribution in [0, 0.1) is 5.41 Å². The van der Waals surface area contributed by atoms with Gasteiger partial charge in [-0.2, -0.15) is 0 Å². The van der Waals surface area contributed by atoms with E-state index in [1.807, 2.05) is 0 Å². The summed E-state index contributed by atoms with van der Waals surface area (Å²) in [6.45, 7) is 1.61. The predicted molar refractivity (Wildman–Crippen MR) is 59.6 cm³/mol. The maximum Gasteiger partial charge on any atom is 0.319 e. The first-order valence-corrected chi connectivity index (χ1v) is 5.28. The molecule has 0 aromatic heterocycles. The van der Waals surface area contributed by atoms with Gasteiger partial charge in [0, 0.05) is 10.6 Å². The normalized spacial score (nSPS) is 23.1. The van der Waals surface area contributed by atoms with Crippen molar-refractivity contribution in [2.24, 2.45) is 5.41 Å². The molecular weight excluding hydrogens is 228 g/mol. The molecule has 0 heterocycles. The van der Waals surface area contributed by atoms with Gasteiger partial charge < -0.3 is 4.74 Å². The number of carbonyl (C=O) groups is 2. The van der Waals surface area contributed by atoms with Crippen LogP contribution in [0.15, 0.2) is 18.2 Å². The Hall–Kier alpha value is -1.35. The van der Waals surface area contributed by atoms with E-state index in [2.05, 4.69) is 4.74 Å². The van der Waals surface area contributed by atoms with Gasteiger partial charge in [-0.3, -0.25) is 9.59 Å². The molecule has 0 spiro atoms. The highest BCUT2D eigenvalue weighted by Crippen LogP contribution is 2.38. The van der Waals surface area contributed by atoms with Gasteiger partial charge in [-0.15, -0.1) is 0 Å². The van der Waals surface area contributed by atoms with E-state index in [4.69, 9.17) is 11.6 Å². The lowest BCUT2D eigenvalue weighted by molar-refractivity contribution is -0.148. The molecule has 84 valence electrons. The van der Waals surface area contributed by atoms with E-state index in [1.165, 1.54) is 7.11 Å². The minimum atomic E-state index is -1.10. The molecule has 0 fully saturated rings. The Kier molecular flexibility index (Phi) is 2.50. The highest BCUT2D eigenvalue weighted by molar-refractivity contribution is 6.31. The Morgan fingerprint density at radius 2 is 2.19 bits per heavy atom. The van der Waals surface area contributed by atoms with Crippen LogP contribution in [-0.2, 0) is 16.0 Å². The Balaban J connectivity index is 2.48. The number of ketones is 1. The van der Waals surface area contributed by atoms with Gasteiger partial charge in [-0.1, -0.05) is 11.6 Å². The highest BCUT2D eigenvalue weighted by Gasteiger charge is 2.48. The maximum atomic E-state index is 12.1. The number of fused-ring (bicyclic) bond motifs is 1. The lowest BCUT2D eigenvalue weighted by atomic mass is 9.86. The number of Topliss-reactive ketones (excluding diaryl/α,β-unsaturated/α-hetero) is 1. The van der Waals surface area contributed by atoms with Gasteiger partial charge >= 0.3 is 5.97 Å². The second kappa shape index (κ2) is 3.59. The molecule has 4 heteroatoms. The van der Waals surface area contributed by atoms with Crippen molar-refractivity contribution in [2.75, 3.05) is 7.11 Å². The zero-order valence-corrected chi connectivity index (χ0v) is 9.80. The van der Waals surface area contributed by atoms with Crippen LogP contribution in [0.2, 0.25) is 5.02 Å². The molecule has 3 nitrogen and oxygen atoms in total. The summed E-state index contributed by atoms with van der Waals surface area (Å²) >= 11 is 5.85. The third-order valence-electron chi connectivity index (χ3n) is 2.99. The number of esters is 1. The molecule has 1 aromatic carbocycles. The van der Waals surface area contributed by atoms with Gasteiger partial charge in [-0.05, 0) is 37.1 Å². The topological polar surface area (TPSA) is 43.4 Å². The van der Waals surface area contributed by atoms with E-state index in [9.17, 15) is 9.59 Å². The molecule has 0 N–H and O–H groups in total. The van der Waals surface area contributed by atoms with Crippen molar-refractivity contribution in [3.63, 3.8) is 0 Å². The average molecular weight is 239 g/mol. The third kappa shape index (κ3) is 1.43. The first-order chi connectivity index (χ1) is 7.49. The summed E-state index contributed by atoms with van der Waals surface area (Å²) in [6, 6.07) is 5.04. The van der Waals surface area contributed by atoms with Crippen LogP contribution in [0.1, 0.15) is 22.8 Å². The molecule has 16 heavy (non-hydrogen) atoms. The lowest BCUT2D eigenvalue weighted by Gasteiger charge is -2.17. The molecular formula is C12H11ClO3. The quantitative estimate of drug-likeness (QED) is 0.557. The maximum absolute atomic E-state index is 12.1. The van der Waals surface area contributed by atoms with E-state index in [0.29, 0.717) is 17.0 Å². The third-order valence-corrected chi connectivity index (χ3v) is 3.23. The van der Waals surface area contributed by atoms with Gasteiger partial charge in [0.1, 0.15) is 5.41 Å². The Labute approximate surface area is 98.4 Å². The van der Waals surface area contributed by atoms with Crippen molar-refractivity contribution in [3.05, 3.63) is 34.3 Å². The number of methoxy groups -OCH3 is 1. The highest BCUT2D eigenvalue weighted by atomic mass is 35.5. The molecule has 0 saturated heterocycles. The summed E-state index contributed by atoms with van der Waals surface area (Å²) in [6.07, 6.45) is 0.356. The fourth-order valence-corrected chi connectivity index (χ4v) is 2.27. The molecule has 0 amide bonds. The second-order valence-electron chi connectivity index (χ2n) is 4.13. The lowest BCUT2D eigenvalue weighted by Crippen LogP contribution is -2.34. The molecule has 0 saturated carbocycles. The first kappa shape index (κ1) is 11.1. The minimum Gasteiger partial charge on any atom is -0.468 e. The number of hydrogen-bond donors (Lipinski definition) is 0. The fourth-order valence-electron chi connectivity index (χ4n) is 2.08. The van der Waals surface area contributed by atoms with Crippen molar-refractivity contribution in [3.8, 4) is 0 Å². The zero-order valence-electron chi connectivity index (χ0n) is 9.04. The summed E-state index contributed by atoms with van der Waals surface area (Å²) in [5.74, 6) is -0.684. The molecule has 2 rings (SSSR count). The second-order valence-corrected chi connectivity index (χ2v) is 4.57. The Morgan fingerprint density at radius 1 is 1.50 bits per heavy atom. The summed E-state index contributed by atoms with van der Waals surface area (Å²) in [5.41, 5.74) is 0.282. The van der Waals surface area contributed by atoms with E-state index >= 15 is 0 Å². The molecule has 1 atom stereocenters. The van der Waals surface area contributed by atoms with Crippen LogP contribution < -0.4 is 0 Å². The fraction of sp³-hybridized carbons (Fsp3) is 0.333. The Morgan fingerprint density at radius 3 is 2.81 bits per heavy atom. The predicted octanol–water partition coefficient (Wildman–Crippen LogP) is 2.26. The van der Waals surface area contributed by atoms with E-state index < -0.39 is 11.4 Å². The largest absolute Gasteiger partial charge is 0.468 e. The van der Waals surface area contributed by atoms with E-state index in [-0.39, 0.29) is 5.78 Å². The summed E-state index contributed by atoms with van der Waals surface area (Å²) in [4.78, 5) is 23.7. The number of hydrogen-bond acceptors (Lipinski definition) is 3. The molecule has 1 unspecified atom stereocenters. The number of halogens is 1. The van der Waals surface area contributed by atoms with Crippen LogP contribution >= 0.6 is 11.6 Å². The van der Waals surface area contributed by atoms with Gasteiger partial charge in [0.15, 0.2) is 5.78 Å². The molecule has 0 aliphatic heterocycles. The van der Waals surface area contributed by atoms with Gasteiger partial charge in [0.2, 0.25) is 0 Å². The smallest absolute Gasteiger partial charge is 0.319 e. The van der Waals surface area contributed by atoms with Crippen molar-refractivity contribution in [2.45, 2.75) is 13.3 Å². The molecule has 1 aliphatic rings. The average Bonchev–Trinajstić information content (AvgIpc) is 2.51. The van der Waals surface area contributed by atoms with Crippen LogP contribution in [0.25, 0.3) is 0 Å². The van der Waals surface area contributed by atoms with Gasteiger partial charge in [-0.25, -0.2) is 0 Å². The van der Waals surface area contributed by atoms with Gasteiger partial charge in [0.25, 0.3) is 0 Å². The number of carbonyl (C=O) groups excluding carboxylic acids is 2. The monoisotopic (exact) mass is 238 g/mol. The van der Waals surface area contributed by atoms with E-state index in [0.717, 1.165) is 5.56 Å². The molecule has 1 aromatic rings. The standard InChI is InChI=1S/C12H11ClO3/c1-12(11(15)16-2)6-7-5-8(13)3-4-9(7)10(12)14/h3-5H,6H2,1-2H3. The summed E-state index contributed by atoms with van der Waals surface area (Å²) < 4.78 is 4.68. The van der Waals surface area contributed by atoms with Crippen LogP contribution in [-0.4, -0.2) is 18.9 Å². The number of benzene rings is 1. The molecule has 0 bridgehead atoms. The first-order valence-electron chi connectivity index (χ1n) is 4.90. The van der Waals surface area contributed by atoms with Crippen molar-refractivity contribution >= 4 is 23.4 Å². The Bertz CT molecular complexity index is 481. The summed E-state index contributed by atoms with van der Waals surface area (Å²) in [5, 5.41) is 0.570. The van der Waals surface area contributed by atoms with Gasteiger partial charge in [0.05, 0.1) is 7.11 Å². The number of rotatable bonds is 1. The van der Waals surface area contributed by atoms with Crippen LogP contribution in [0.4, 0.5) is 0 Å². The van der Waals surface area contributed by atoms with E-state index in [1.54, 1.807) is 25.1 Å². The minimum absolute atomic E-state index is 0.189. The van der Waals surface area contributed by atoms with Crippen LogP contribution in [0.5, 0.6) is 0 Å². The SMILES string of the molecule is COC(=O)C1(C)Cc2cc(Cl)ccc2C1=O. The summed E-state index contributed by atoms with van der Waals surface area (Å²) in [7, 11) is 1.29. The number of ether oxygens (including phenoxy) is 1. The zero-order chi connectivity index (χ0) is 11.9. The molecule has 0 radical (unpaired) electrons. The molecule has 1 aliphatic carbocycles.